The number of rotatable bonds is 4. The van der Waals surface area contributed by atoms with Gasteiger partial charge in [0, 0.05) is 12.6 Å². The minimum atomic E-state index is -0.0327. The van der Waals surface area contributed by atoms with Gasteiger partial charge in [0.1, 0.15) is 0 Å². The molecule has 1 rings (SSSR count). The summed E-state index contributed by atoms with van der Waals surface area (Å²) in [7, 11) is 0. The minimum Gasteiger partial charge on any atom is -0.338 e. The smallest absolute Gasteiger partial charge is 0.315 e. The van der Waals surface area contributed by atoms with Crippen LogP contribution in [-0.4, -0.2) is 18.6 Å². The predicted molar refractivity (Wildman–Crippen MR) is 53.6 cm³/mol. The van der Waals surface area contributed by atoms with Crippen molar-refractivity contribution in [1.29, 1.82) is 0 Å². The summed E-state index contributed by atoms with van der Waals surface area (Å²) in [4.78, 5) is 11.2. The van der Waals surface area contributed by atoms with Crippen LogP contribution in [0.2, 0.25) is 0 Å². The van der Waals surface area contributed by atoms with E-state index in [1.165, 1.54) is 19.3 Å². The zero-order valence-corrected chi connectivity index (χ0v) is 8.81. The highest BCUT2D eigenvalue weighted by atomic mass is 16.2. The van der Waals surface area contributed by atoms with E-state index >= 15 is 0 Å². The fourth-order valence-electron chi connectivity index (χ4n) is 1.41. The Bertz CT molecular complexity index is 185. The first-order chi connectivity index (χ1) is 6.08. The van der Waals surface area contributed by atoms with Crippen LogP contribution in [0.15, 0.2) is 0 Å². The number of hydrogen-bond donors (Lipinski definition) is 2. The van der Waals surface area contributed by atoms with Crippen LogP contribution in [0.3, 0.4) is 0 Å². The van der Waals surface area contributed by atoms with Crippen LogP contribution < -0.4 is 10.6 Å². The average molecular weight is 184 g/mol. The van der Waals surface area contributed by atoms with E-state index in [4.69, 9.17) is 0 Å². The molecule has 0 aromatic heterocycles. The quantitative estimate of drug-likeness (QED) is 0.688. The molecular weight excluding hydrogens is 164 g/mol. The zero-order chi connectivity index (χ0) is 9.90. The van der Waals surface area contributed by atoms with E-state index < -0.39 is 0 Å². The maximum Gasteiger partial charge on any atom is 0.315 e. The van der Waals surface area contributed by atoms with Crippen LogP contribution >= 0.6 is 0 Å². The van der Waals surface area contributed by atoms with Crippen molar-refractivity contribution >= 4 is 6.03 Å². The molecule has 76 valence electrons. The summed E-state index contributed by atoms with van der Waals surface area (Å²) in [5.41, 5.74) is 0.439. The monoisotopic (exact) mass is 184 g/mol. The summed E-state index contributed by atoms with van der Waals surface area (Å²) in [6.07, 6.45) is 3.71. The van der Waals surface area contributed by atoms with Gasteiger partial charge in [-0.25, -0.2) is 4.79 Å². The number of amides is 2. The number of hydrogen-bond acceptors (Lipinski definition) is 1. The maximum absolute atomic E-state index is 11.2. The molecule has 2 N–H and O–H groups in total. The highest BCUT2D eigenvalue weighted by Gasteiger charge is 2.40. The third-order valence-corrected chi connectivity index (χ3v) is 2.75. The van der Waals surface area contributed by atoms with E-state index in [1.807, 2.05) is 13.8 Å². The Labute approximate surface area is 80.3 Å². The fraction of sp³-hybridized carbons (Fsp3) is 0.900. The Kier molecular flexibility index (Phi) is 3.17. The van der Waals surface area contributed by atoms with Crippen LogP contribution in [0.4, 0.5) is 4.79 Å². The zero-order valence-electron chi connectivity index (χ0n) is 8.81. The molecule has 1 aliphatic carbocycles. The first kappa shape index (κ1) is 10.4. The van der Waals surface area contributed by atoms with E-state index in [0.717, 1.165) is 6.54 Å². The second-order valence-corrected chi connectivity index (χ2v) is 4.34. The van der Waals surface area contributed by atoms with Crippen molar-refractivity contribution in [2.24, 2.45) is 5.41 Å². The Balaban J connectivity index is 2.15. The summed E-state index contributed by atoms with van der Waals surface area (Å²) in [5.74, 6) is 0. The Morgan fingerprint density at radius 1 is 1.46 bits per heavy atom. The molecule has 0 aromatic carbocycles. The molecule has 3 heteroatoms. The van der Waals surface area contributed by atoms with Gasteiger partial charge in [0.2, 0.25) is 0 Å². The largest absolute Gasteiger partial charge is 0.338 e. The molecule has 0 heterocycles. The summed E-state index contributed by atoms with van der Waals surface area (Å²) < 4.78 is 0. The minimum absolute atomic E-state index is 0.0327. The Hall–Kier alpha value is -0.730. The molecule has 0 unspecified atom stereocenters. The molecule has 0 aromatic rings. The van der Waals surface area contributed by atoms with Crippen LogP contribution in [0, 0.1) is 5.41 Å². The highest BCUT2D eigenvalue weighted by Crippen LogP contribution is 2.47. The highest BCUT2D eigenvalue weighted by molar-refractivity contribution is 5.74. The lowest BCUT2D eigenvalue weighted by molar-refractivity contribution is 0.235. The molecule has 1 aliphatic rings. The molecule has 0 aliphatic heterocycles. The van der Waals surface area contributed by atoms with Crippen molar-refractivity contribution in [3.05, 3.63) is 0 Å². The number of carbonyl (C=O) groups excluding carboxylic acids is 1. The van der Waals surface area contributed by atoms with Gasteiger partial charge in [-0.2, -0.15) is 0 Å². The third kappa shape index (κ3) is 3.25. The van der Waals surface area contributed by atoms with Gasteiger partial charge in [-0.1, -0.05) is 6.92 Å². The van der Waals surface area contributed by atoms with Crippen LogP contribution in [0.25, 0.3) is 0 Å². The lowest BCUT2D eigenvalue weighted by Gasteiger charge is -2.15. The van der Waals surface area contributed by atoms with Crippen LogP contribution in [0.1, 0.15) is 40.0 Å². The van der Waals surface area contributed by atoms with E-state index in [1.54, 1.807) is 0 Å². The van der Waals surface area contributed by atoms with Crippen molar-refractivity contribution in [3.8, 4) is 0 Å². The van der Waals surface area contributed by atoms with Gasteiger partial charge in [-0.15, -0.1) is 0 Å². The summed E-state index contributed by atoms with van der Waals surface area (Å²) in [6.45, 7) is 6.95. The maximum atomic E-state index is 11.2. The molecule has 0 bridgehead atoms. The lowest BCUT2D eigenvalue weighted by atomic mass is 10.0. The molecule has 1 fully saturated rings. The van der Waals surface area contributed by atoms with Crippen molar-refractivity contribution in [2.45, 2.75) is 46.1 Å². The molecule has 0 spiro atoms. The van der Waals surface area contributed by atoms with Gasteiger partial charge in [-0.05, 0) is 38.5 Å². The van der Waals surface area contributed by atoms with E-state index in [0.29, 0.717) is 5.41 Å². The topological polar surface area (TPSA) is 41.1 Å². The molecule has 0 saturated heterocycles. The van der Waals surface area contributed by atoms with Crippen molar-refractivity contribution in [1.82, 2.24) is 10.6 Å². The van der Waals surface area contributed by atoms with Gasteiger partial charge >= 0.3 is 6.03 Å². The van der Waals surface area contributed by atoms with E-state index in [9.17, 15) is 4.79 Å². The second-order valence-electron chi connectivity index (χ2n) is 4.34. The summed E-state index contributed by atoms with van der Waals surface area (Å²) in [6, 6.07) is 0.187. The van der Waals surface area contributed by atoms with Crippen molar-refractivity contribution < 1.29 is 4.79 Å². The standard InChI is InChI=1S/C10H20N2O/c1-4-10(5-6-10)7-11-9(13)12-8(2)3/h8H,4-7H2,1-3H3,(H2,11,12,13). The molecule has 13 heavy (non-hydrogen) atoms. The molecular formula is C10H20N2O. The Morgan fingerprint density at radius 3 is 2.46 bits per heavy atom. The van der Waals surface area contributed by atoms with Gasteiger partial charge < -0.3 is 10.6 Å². The van der Waals surface area contributed by atoms with E-state index in [2.05, 4.69) is 17.6 Å². The molecule has 2 amide bonds. The molecule has 3 nitrogen and oxygen atoms in total. The van der Waals surface area contributed by atoms with Crippen LogP contribution in [0.5, 0.6) is 0 Å². The van der Waals surface area contributed by atoms with Gasteiger partial charge in [0.25, 0.3) is 0 Å². The van der Waals surface area contributed by atoms with Gasteiger partial charge in [-0.3, -0.25) is 0 Å². The summed E-state index contributed by atoms with van der Waals surface area (Å²) in [5, 5.41) is 5.73. The van der Waals surface area contributed by atoms with Crippen LogP contribution in [-0.2, 0) is 0 Å². The SMILES string of the molecule is CCC1(CNC(=O)NC(C)C)CC1. The molecule has 1 saturated carbocycles. The average Bonchev–Trinajstić information content (AvgIpc) is 2.80. The van der Waals surface area contributed by atoms with E-state index in [-0.39, 0.29) is 12.1 Å². The first-order valence-electron chi connectivity index (χ1n) is 5.12. The number of carbonyl (C=O) groups is 1. The lowest BCUT2D eigenvalue weighted by Crippen LogP contribution is -2.41. The predicted octanol–water partition coefficient (Wildman–Crippen LogP) is 1.88. The van der Waals surface area contributed by atoms with Gasteiger partial charge in [0.15, 0.2) is 0 Å². The molecule has 0 radical (unpaired) electrons. The Morgan fingerprint density at radius 2 is 2.08 bits per heavy atom. The molecule has 0 atom stereocenters. The summed E-state index contributed by atoms with van der Waals surface area (Å²) >= 11 is 0. The van der Waals surface area contributed by atoms with Gasteiger partial charge in [0.05, 0.1) is 0 Å². The third-order valence-electron chi connectivity index (χ3n) is 2.75. The first-order valence-corrected chi connectivity index (χ1v) is 5.12. The van der Waals surface area contributed by atoms with Crippen molar-refractivity contribution in [3.63, 3.8) is 0 Å². The number of nitrogens with one attached hydrogen (secondary N) is 2. The number of urea groups is 1. The fourth-order valence-corrected chi connectivity index (χ4v) is 1.41. The second kappa shape index (κ2) is 3.99. The van der Waals surface area contributed by atoms with Crippen molar-refractivity contribution in [2.75, 3.05) is 6.54 Å². The normalized spacial score (nSPS) is 18.5.